The van der Waals surface area contributed by atoms with Crippen LogP contribution in [0.4, 0.5) is 16.2 Å². The summed E-state index contributed by atoms with van der Waals surface area (Å²) < 4.78 is 5.33. The standard InChI is InChI=1S/C25H28N4O5/c1-16-8-2-3-9-17(16)19(28-24(26)33)14-22(31)34-15-21(30)29-20-11-5-4-10-18(20)27-23(32)25(29)12-6-7-13-25/h2-5,8-11,19H,6-7,12-15H2,1H3,(H,27,32)(H3,26,28,33). The molecule has 2 aliphatic rings. The SMILES string of the molecule is Cc1ccccc1C(CC(=O)OCC(=O)N1c2ccccc2NC(=O)C12CCCC2)NC(N)=O. The second-order valence-electron chi connectivity index (χ2n) is 8.72. The zero-order valence-corrected chi connectivity index (χ0v) is 19.0. The Morgan fingerprint density at radius 3 is 2.50 bits per heavy atom. The molecule has 178 valence electrons. The Morgan fingerprint density at radius 2 is 1.79 bits per heavy atom. The van der Waals surface area contributed by atoms with E-state index in [0.717, 1.165) is 24.0 Å². The molecule has 4 amide bonds. The van der Waals surface area contributed by atoms with E-state index < -0.39 is 36.1 Å². The van der Waals surface area contributed by atoms with Gasteiger partial charge in [-0.1, -0.05) is 49.2 Å². The molecule has 34 heavy (non-hydrogen) atoms. The molecule has 1 saturated carbocycles. The van der Waals surface area contributed by atoms with E-state index in [1.54, 1.807) is 36.4 Å². The van der Waals surface area contributed by atoms with E-state index in [1.807, 2.05) is 19.1 Å². The Hall–Kier alpha value is -3.88. The minimum atomic E-state index is -0.977. The summed E-state index contributed by atoms with van der Waals surface area (Å²) in [7, 11) is 0. The van der Waals surface area contributed by atoms with Crippen LogP contribution in [-0.4, -0.2) is 36.0 Å². The fourth-order valence-corrected chi connectivity index (χ4v) is 4.95. The maximum atomic E-state index is 13.3. The van der Waals surface area contributed by atoms with Crippen molar-refractivity contribution in [3.8, 4) is 0 Å². The van der Waals surface area contributed by atoms with Crippen LogP contribution in [0.3, 0.4) is 0 Å². The van der Waals surface area contributed by atoms with E-state index in [1.165, 1.54) is 4.90 Å². The second kappa shape index (κ2) is 9.54. The fraction of sp³-hybridized carbons (Fsp3) is 0.360. The maximum Gasteiger partial charge on any atom is 0.312 e. The van der Waals surface area contributed by atoms with E-state index in [0.29, 0.717) is 24.2 Å². The number of rotatable bonds is 6. The lowest BCUT2D eigenvalue weighted by Gasteiger charge is -2.44. The Labute approximate surface area is 197 Å². The molecule has 0 radical (unpaired) electrons. The van der Waals surface area contributed by atoms with Crippen molar-refractivity contribution in [3.05, 3.63) is 59.7 Å². The highest BCUT2D eigenvalue weighted by Crippen LogP contribution is 2.45. The summed E-state index contributed by atoms with van der Waals surface area (Å²) >= 11 is 0. The average Bonchev–Trinajstić information content (AvgIpc) is 3.28. The molecule has 0 bridgehead atoms. The molecule has 2 aromatic rings. The van der Waals surface area contributed by atoms with E-state index in [9.17, 15) is 19.2 Å². The van der Waals surface area contributed by atoms with E-state index >= 15 is 0 Å². The maximum absolute atomic E-state index is 13.3. The van der Waals surface area contributed by atoms with Crippen molar-refractivity contribution in [1.29, 1.82) is 0 Å². The van der Waals surface area contributed by atoms with Crippen molar-refractivity contribution in [3.63, 3.8) is 0 Å². The van der Waals surface area contributed by atoms with Crippen molar-refractivity contribution >= 4 is 35.2 Å². The average molecular weight is 465 g/mol. The van der Waals surface area contributed by atoms with Gasteiger partial charge in [0.1, 0.15) is 5.54 Å². The van der Waals surface area contributed by atoms with Crippen LogP contribution in [0.1, 0.15) is 49.3 Å². The number of benzene rings is 2. The molecule has 1 aliphatic heterocycles. The molecule has 0 aromatic heterocycles. The molecule has 9 nitrogen and oxygen atoms in total. The first-order valence-corrected chi connectivity index (χ1v) is 11.3. The summed E-state index contributed by atoms with van der Waals surface area (Å²) in [6, 6.07) is 12.9. The van der Waals surface area contributed by atoms with Crippen LogP contribution >= 0.6 is 0 Å². The largest absolute Gasteiger partial charge is 0.455 e. The lowest BCUT2D eigenvalue weighted by molar-refractivity contribution is -0.148. The number of hydrogen-bond acceptors (Lipinski definition) is 5. The van der Waals surface area contributed by atoms with E-state index in [2.05, 4.69) is 10.6 Å². The molecular weight excluding hydrogens is 436 g/mol. The molecule has 0 saturated heterocycles. The number of aryl methyl sites for hydroxylation is 1. The molecule has 1 aliphatic carbocycles. The third-order valence-electron chi connectivity index (χ3n) is 6.53. The van der Waals surface area contributed by atoms with Crippen molar-refractivity contribution in [1.82, 2.24) is 5.32 Å². The quantitative estimate of drug-likeness (QED) is 0.566. The van der Waals surface area contributed by atoms with Crippen LogP contribution < -0.4 is 21.3 Å². The van der Waals surface area contributed by atoms with Gasteiger partial charge in [-0.2, -0.15) is 0 Å². The summed E-state index contributed by atoms with van der Waals surface area (Å²) in [5, 5.41) is 5.48. The third kappa shape index (κ3) is 4.46. The molecule has 2 aromatic carbocycles. The summed E-state index contributed by atoms with van der Waals surface area (Å²) in [5.74, 6) is -1.34. The topological polar surface area (TPSA) is 131 Å². The van der Waals surface area contributed by atoms with Gasteiger partial charge in [0, 0.05) is 0 Å². The highest BCUT2D eigenvalue weighted by atomic mass is 16.5. The Balaban J connectivity index is 1.50. The van der Waals surface area contributed by atoms with Gasteiger partial charge >= 0.3 is 12.0 Å². The predicted octanol–water partition coefficient (Wildman–Crippen LogP) is 2.94. The number of para-hydroxylation sites is 2. The number of carbonyl (C=O) groups is 4. The molecule has 1 unspecified atom stereocenters. The summed E-state index contributed by atoms with van der Waals surface area (Å²) in [4.78, 5) is 52.0. The molecule has 4 rings (SSSR count). The van der Waals surface area contributed by atoms with Crippen LogP contribution in [0.15, 0.2) is 48.5 Å². The molecule has 1 spiro atoms. The molecule has 1 atom stereocenters. The number of nitrogens with zero attached hydrogens (tertiary/aromatic N) is 1. The highest BCUT2D eigenvalue weighted by molar-refractivity contribution is 6.15. The first-order chi connectivity index (χ1) is 16.3. The number of carbonyl (C=O) groups excluding carboxylic acids is 4. The number of hydrogen-bond donors (Lipinski definition) is 3. The minimum absolute atomic E-state index is 0.191. The van der Waals surface area contributed by atoms with Gasteiger partial charge in [-0.15, -0.1) is 0 Å². The van der Waals surface area contributed by atoms with E-state index in [-0.39, 0.29) is 12.3 Å². The second-order valence-corrected chi connectivity index (χ2v) is 8.72. The Bertz CT molecular complexity index is 1130. The smallest absolute Gasteiger partial charge is 0.312 e. The highest BCUT2D eigenvalue weighted by Gasteiger charge is 2.52. The number of urea groups is 1. The van der Waals surface area contributed by atoms with Gasteiger partial charge in [-0.25, -0.2) is 4.79 Å². The number of ether oxygens (including phenoxy) is 1. The van der Waals surface area contributed by atoms with Gasteiger partial charge < -0.3 is 21.1 Å². The number of esters is 1. The van der Waals surface area contributed by atoms with Crippen molar-refractivity contribution in [2.24, 2.45) is 5.73 Å². The first kappa shape index (κ1) is 23.3. The van der Waals surface area contributed by atoms with Crippen LogP contribution in [0.5, 0.6) is 0 Å². The van der Waals surface area contributed by atoms with Gasteiger partial charge in [0.2, 0.25) is 0 Å². The number of anilines is 2. The summed E-state index contributed by atoms with van der Waals surface area (Å²) in [6.07, 6.45) is 2.56. The normalized spacial score (nSPS) is 17.0. The van der Waals surface area contributed by atoms with Gasteiger partial charge in [0.15, 0.2) is 6.61 Å². The van der Waals surface area contributed by atoms with Gasteiger partial charge in [-0.3, -0.25) is 19.3 Å². The number of primary amides is 1. The van der Waals surface area contributed by atoms with E-state index in [4.69, 9.17) is 10.5 Å². The number of nitrogens with two attached hydrogens (primary N) is 1. The van der Waals surface area contributed by atoms with Crippen LogP contribution in [0.2, 0.25) is 0 Å². The van der Waals surface area contributed by atoms with Crippen molar-refractivity contribution in [2.75, 3.05) is 16.8 Å². The molecule has 1 heterocycles. The van der Waals surface area contributed by atoms with Crippen LogP contribution in [0, 0.1) is 6.92 Å². The zero-order chi connectivity index (χ0) is 24.3. The van der Waals surface area contributed by atoms with Crippen LogP contribution in [0.25, 0.3) is 0 Å². The minimum Gasteiger partial charge on any atom is -0.455 e. The number of fused-ring (bicyclic) bond motifs is 1. The zero-order valence-electron chi connectivity index (χ0n) is 19.0. The molecule has 9 heteroatoms. The number of amides is 4. The predicted molar refractivity (Wildman–Crippen MR) is 126 cm³/mol. The number of nitrogens with one attached hydrogen (secondary N) is 2. The van der Waals surface area contributed by atoms with Gasteiger partial charge in [-0.05, 0) is 43.0 Å². The lowest BCUT2D eigenvalue weighted by Crippen LogP contribution is -2.61. The van der Waals surface area contributed by atoms with Gasteiger partial charge in [0.25, 0.3) is 11.8 Å². The summed E-state index contributed by atoms with van der Waals surface area (Å²) in [5.41, 5.74) is 7.08. The molecular formula is C25H28N4O5. The van der Waals surface area contributed by atoms with Gasteiger partial charge in [0.05, 0.1) is 23.8 Å². The van der Waals surface area contributed by atoms with Crippen molar-refractivity contribution < 1.29 is 23.9 Å². The lowest BCUT2D eigenvalue weighted by atomic mass is 9.90. The van der Waals surface area contributed by atoms with Crippen LogP contribution in [-0.2, 0) is 19.1 Å². The third-order valence-corrected chi connectivity index (χ3v) is 6.53. The first-order valence-electron chi connectivity index (χ1n) is 11.3. The molecule has 4 N–H and O–H groups in total. The Morgan fingerprint density at radius 1 is 1.12 bits per heavy atom. The fourth-order valence-electron chi connectivity index (χ4n) is 4.95. The summed E-state index contributed by atoms with van der Waals surface area (Å²) in [6.45, 7) is 1.35. The molecule has 1 fully saturated rings. The van der Waals surface area contributed by atoms with Crippen molar-refractivity contribution in [2.45, 2.75) is 50.6 Å². The monoisotopic (exact) mass is 464 g/mol. The Kier molecular flexibility index (Phi) is 6.54.